The molecule has 2 N–H and O–H groups in total. The average molecular weight is 377 g/mol. The van der Waals surface area contributed by atoms with Crippen LogP contribution in [0.5, 0.6) is 0 Å². The monoisotopic (exact) mass is 376 g/mol. The van der Waals surface area contributed by atoms with E-state index >= 15 is 0 Å². The topological polar surface area (TPSA) is 52.6 Å². The number of hydrogen-bond acceptors (Lipinski definition) is 2. The molecule has 0 atom stereocenters. The van der Waals surface area contributed by atoms with Crippen LogP contribution in [0.25, 0.3) is 0 Å². The molecule has 2 aromatic carbocycles. The van der Waals surface area contributed by atoms with E-state index in [2.05, 4.69) is 21.2 Å². The number of nitrogens with one attached hydrogen (secondary N) is 1. The Morgan fingerprint density at radius 3 is 2.52 bits per heavy atom. The maximum Gasteiger partial charge on any atom is 0.317 e. The van der Waals surface area contributed by atoms with Crippen LogP contribution in [0.2, 0.25) is 0 Å². The van der Waals surface area contributed by atoms with Crippen LogP contribution in [-0.4, -0.2) is 35.7 Å². The van der Waals surface area contributed by atoms with Crippen molar-refractivity contribution in [2.24, 2.45) is 0 Å². The molecule has 0 radical (unpaired) electrons. The van der Waals surface area contributed by atoms with Gasteiger partial charge in [0.05, 0.1) is 6.61 Å². The minimum atomic E-state index is -0.155. The van der Waals surface area contributed by atoms with Gasteiger partial charge in [-0.2, -0.15) is 0 Å². The van der Waals surface area contributed by atoms with E-state index in [0.717, 1.165) is 22.0 Å². The van der Waals surface area contributed by atoms with Gasteiger partial charge in [-0.1, -0.05) is 58.4 Å². The summed E-state index contributed by atoms with van der Waals surface area (Å²) in [4.78, 5) is 13.9. The Morgan fingerprint density at radius 1 is 1.09 bits per heavy atom. The molecule has 4 nitrogen and oxygen atoms in total. The number of aliphatic hydroxyl groups is 1. The molecular formula is C18H21BrN2O2. The van der Waals surface area contributed by atoms with Crippen molar-refractivity contribution in [1.82, 2.24) is 10.2 Å². The summed E-state index contributed by atoms with van der Waals surface area (Å²) in [5.41, 5.74) is 2.21. The van der Waals surface area contributed by atoms with Crippen molar-refractivity contribution < 1.29 is 9.90 Å². The number of urea groups is 1. The normalized spacial score (nSPS) is 10.3. The summed E-state index contributed by atoms with van der Waals surface area (Å²) in [6.45, 7) is 1.32. The maximum atomic E-state index is 12.3. The van der Waals surface area contributed by atoms with Crippen LogP contribution < -0.4 is 5.32 Å². The highest BCUT2D eigenvalue weighted by molar-refractivity contribution is 9.10. The highest BCUT2D eigenvalue weighted by Crippen LogP contribution is 2.11. The van der Waals surface area contributed by atoms with Gasteiger partial charge in [0.25, 0.3) is 0 Å². The molecule has 0 unspecified atom stereocenters. The van der Waals surface area contributed by atoms with Gasteiger partial charge >= 0.3 is 6.03 Å². The van der Waals surface area contributed by atoms with Crippen LogP contribution in [0.4, 0.5) is 4.79 Å². The third kappa shape index (κ3) is 6.04. The van der Waals surface area contributed by atoms with Crippen molar-refractivity contribution in [2.45, 2.75) is 13.0 Å². The molecule has 0 saturated heterocycles. The van der Waals surface area contributed by atoms with Crippen LogP contribution in [0.1, 0.15) is 11.1 Å². The number of aliphatic hydroxyl groups excluding tert-OH is 1. The van der Waals surface area contributed by atoms with Gasteiger partial charge in [0.15, 0.2) is 0 Å². The van der Waals surface area contributed by atoms with Crippen molar-refractivity contribution in [2.75, 3.05) is 19.7 Å². The molecule has 0 saturated carbocycles. The molecule has 5 heteroatoms. The Hall–Kier alpha value is -1.85. The molecule has 23 heavy (non-hydrogen) atoms. The van der Waals surface area contributed by atoms with Gasteiger partial charge in [0.2, 0.25) is 0 Å². The van der Waals surface area contributed by atoms with Crippen LogP contribution >= 0.6 is 15.9 Å². The largest absolute Gasteiger partial charge is 0.395 e. The molecule has 2 aromatic rings. The minimum Gasteiger partial charge on any atom is -0.395 e. The second-order valence-corrected chi connectivity index (χ2v) is 6.16. The average Bonchev–Trinajstić information content (AvgIpc) is 2.55. The molecule has 0 aliphatic rings. The predicted molar refractivity (Wildman–Crippen MR) is 95.2 cm³/mol. The smallest absolute Gasteiger partial charge is 0.317 e. The number of benzene rings is 2. The lowest BCUT2D eigenvalue weighted by atomic mass is 10.1. The fourth-order valence-electron chi connectivity index (χ4n) is 2.29. The van der Waals surface area contributed by atoms with Gasteiger partial charge in [0, 0.05) is 24.1 Å². The van der Waals surface area contributed by atoms with Crippen molar-refractivity contribution in [3.05, 3.63) is 70.2 Å². The number of halogens is 1. The lowest BCUT2D eigenvalue weighted by molar-refractivity contribution is 0.174. The molecule has 0 aliphatic carbocycles. The number of amides is 2. The maximum absolute atomic E-state index is 12.3. The zero-order valence-corrected chi connectivity index (χ0v) is 14.5. The van der Waals surface area contributed by atoms with E-state index in [9.17, 15) is 9.90 Å². The van der Waals surface area contributed by atoms with Crippen LogP contribution in [-0.2, 0) is 13.0 Å². The van der Waals surface area contributed by atoms with Crippen LogP contribution in [0, 0.1) is 0 Å². The lowest BCUT2D eigenvalue weighted by Crippen LogP contribution is -2.41. The fourth-order valence-corrected chi connectivity index (χ4v) is 2.74. The lowest BCUT2D eigenvalue weighted by Gasteiger charge is -2.22. The molecule has 0 spiro atoms. The second kappa shape index (κ2) is 9.33. The van der Waals surface area contributed by atoms with Gasteiger partial charge in [-0.25, -0.2) is 4.79 Å². The standard InChI is InChI=1S/C18H21BrN2O2/c19-17-8-4-7-15(13-17)9-10-20-18(23)21(11-12-22)14-16-5-2-1-3-6-16/h1-8,13,22H,9-12,14H2,(H,20,23). The Labute approximate surface area is 145 Å². The quantitative estimate of drug-likeness (QED) is 0.779. The van der Waals surface area contributed by atoms with Crippen molar-refractivity contribution >= 4 is 22.0 Å². The zero-order chi connectivity index (χ0) is 16.5. The number of nitrogens with zero attached hydrogens (tertiary/aromatic N) is 1. The molecule has 2 amide bonds. The van der Waals surface area contributed by atoms with Crippen molar-refractivity contribution in [1.29, 1.82) is 0 Å². The number of carbonyl (C=O) groups is 1. The SMILES string of the molecule is O=C(NCCc1cccc(Br)c1)N(CCO)Cc1ccccc1. The first-order chi connectivity index (χ1) is 11.2. The molecule has 2 rings (SSSR count). The Kier molecular flexibility index (Phi) is 7.10. The van der Waals surface area contributed by atoms with E-state index in [4.69, 9.17) is 0 Å². The van der Waals surface area contributed by atoms with Crippen molar-refractivity contribution in [3.63, 3.8) is 0 Å². The number of rotatable bonds is 7. The summed E-state index contributed by atoms with van der Waals surface area (Å²) in [5.74, 6) is 0. The fraction of sp³-hybridized carbons (Fsp3) is 0.278. The summed E-state index contributed by atoms with van der Waals surface area (Å²) in [7, 11) is 0. The second-order valence-electron chi connectivity index (χ2n) is 5.24. The van der Waals surface area contributed by atoms with Crippen LogP contribution in [0.15, 0.2) is 59.1 Å². The molecule has 0 aliphatic heterocycles. The highest BCUT2D eigenvalue weighted by atomic mass is 79.9. The molecular weight excluding hydrogens is 356 g/mol. The Balaban J connectivity index is 1.85. The number of hydrogen-bond donors (Lipinski definition) is 2. The third-order valence-electron chi connectivity index (χ3n) is 3.45. The van der Waals surface area contributed by atoms with Gasteiger partial charge < -0.3 is 15.3 Å². The van der Waals surface area contributed by atoms with E-state index in [0.29, 0.717) is 19.6 Å². The van der Waals surface area contributed by atoms with E-state index in [1.807, 2.05) is 54.6 Å². The predicted octanol–water partition coefficient (Wildman–Crippen LogP) is 3.20. The summed E-state index contributed by atoms with van der Waals surface area (Å²) >= 11 is 3.44. The van der Waals surface area contributed by atoms with Gasteiger partial charge in [-0.3, -0.25) is 0 Å². The molecule has 122 valence electrons. The highest BCUT2D eigenvalue weighted by Gasteiger charge is 2.12. The molecule has 0 bridgehead atoms. The number of carbonyl (C=O) groups excluding carboxylic acids is 1. The summed E-state index contributed by atoms with van der Waals surface area (Å²) in [5, 5.41) is 12.1. The van der Waals surface area contributed by atoms with E-state index < -0.39 is 0 Å². The first-order valence-electron chi connectivity index (χ1n) is 7.61. The van der Waals surface area contributed by atoms with Crippen LogP contribution in [0.3, 0.4) is 0 Å². The minimum absolute atomic E-state index is 0.0497. The first kappa shape index (κ1) is 17.5. The van der Waals surface area contributed by atoms with E-state index in [-0.39, 0.29) is 12.6 Å². The van der Waals surface area contributed by atoms with Gasteiger partial charge in [-0.05, 0) is 29.7 Å². The first-order valence-corrected chi connectivity index (χ1v) is 8.40. The van der Waals surface area contributed by atoms with Gasteiger partial charge in [0.1, 0.15) is 0 Å². The van der Waals surface area contributed by atoms with Gasteiger partial charge in [-0.15, -0.1) is 0 Å². The van der Waals surface area contributed by atoms with E-state index in [1.165, 1.54) is 0 Å². The summed E-state index contributed by atoms with van der Waals surface area (Å²) in [6, 6.07) is 17.6. The van der Waals surface area contributed by atoms with E-state index in [1.54, 1.807) is 4.90 Å². The van der Waals surface area contributed by atoms with Crippen molar-refractivity contribution in [3.8, 4) is 0 Å². The third-order valence-corrected chi connectivity index (χ3v) is 3.95. The Bertz CT molecular complexity index is 619. The summed E-state index contributed by atoms with van der Waals surface area (Å²) in [6.07, 6.45) is 0.767. The molecule has 0 aromatic heterocycles. The molecule has 0 heterocycles. The Morgan fingerprint density at radius 2 is 1.83 bits per heavy atom. The zero-order valence-electron chi connectivity index (χ0n) is 12.9. The summed E-state index contributed by atoms with van der Waals surface area (Å²) < 4.78 is 1.03. The molecule has 0 fully saturated rings.